The molecule has 212 valence electrons. The van der Waals surface area contributed by atoms with Crippen molar-refractivity contribution in [1.82, 2.24) is 14.8 Å². The number of anilines is 1. The monoisotopic (exact) mass is 552 g/mol. The Kier molecular flexibility index (Phi) is 7.51. The van der Waals surface area contributed by atoms with Crippen LogP contribution in [0.3, 0.4) is 0 Å². The zero-order valence-corrected chi connectivity index (χ0v) is 23.5. The second kappa shape index (κ2) is 11.4. The van der Waals surface area contributed by atoms with Crippen LogP contribution in [-0.2, 0) is 9.59 Å². The number of nitrogens with one attached hydrogen (secondary N) is 1. The molecule has 0 spiro atoms. The normalized spacial score (nSPS) is 23.9. The fourth-order valence-corrected chi connectivity index (χ4v) is 6.59. The SMILES string of the molecule is CC12N=C(c3ccc(/C=C/C(=O)Nc4cccnc4)cc3)N=C1C(=O)N(C1CCCCC1)C(=O)N2C1CCCCC1. The Hall–Kier alpha value is -4.14. The summed E-state index contributed by atoms with van der Waals surface area (Å²) in [4.78, 5) is 57.4. The molecule has 9 nitrogen and oxygen atoms in total. The van der Waals surface area contributed by atoms with Gasteiger partial charge in [0.15, 0.2) is 17.2 Å². The van der Waals surface area contributed by atoms with E-state index in [1.54, 1.807) is 30.6 Å². The van der Waals surface area contributed by atoms with Crippen LogP contribution >= 0.6 is 0 Å². The average molecular weight is 553 g/mol. The topological polar surface area (TPSA) is 107 Å². The van der Waals surface area contributed by atoms with Crippen LogP contribution in [0.5, 0.6) is 0 Å². The molecule has 2 aliphatic carbocycles. The zero-order chi connectivity index (χ0) is 28.4. The van der Waals surface area contributed by atoms with Crippen molar-refractivity contribution in [3.63, 3.8) is 0 Å². The summed E-state index contributed by atoms with van der Waals surface area (Å²) in [7, 11) is 0. The van der Waals surface area contributed by atoms with E-state index in [0.717, 1.165) is 68.9 Å². The molecule has 4 aliphatic rings. The molecule has 1 atom stereocenters. The Morgan fingerprint density at radius 2 is 1.63 bits per heavy atom. The maximum absolute atomic E-state index is 14.1. The molecule has 1 aromatic heterocycles. The first-order valence-electron chi connectivity index (χ1n) is 14.8. The van der Waals surface area contributed by atoms with Gasteiger partial charge in [0, 0.05) is 29.9 Å². The fraction of sp³-hybridized carbons (Fsp3) is 0.438. The molecule has 0 bridgehead atoms. The van der Waals surface area contributed by atoms with Crippen LogP contribution in [0, 0.1) is 0 Å². The molecule has 9 heteroatoms. The van der Waals surface area contributed by atoms with E-state index in [1.165, 1.54) is 17.4 Å². The molecule has 1 aromatic carbocycles. The van der Waals surface area contributed by atoms with Crippen LogP contribution in [-0.4, -0.2) is 61.9 Å². The second-order valence-corrected chi connectivity index (χ2v) is 11.5. The van der Waals surface area contributed by atoms with Gasteiger partial charge < -0.3 is 5.32 Å². The molecule has 41 heavy (non-hydrogen) atoms. The Morgan fingerprint density at radius 3 is 2.29 bits per heavy atom. The van der Waals surface area contributed by atoms with Gasteiger partial charge in [0.1, 0.15) is 0 Å². The van der Waals surface area contributed by atoms with E-state index in [4.69, 9.17) is 9.98 Å². The predicted octanol–water partition coefficient (Wildman–Crippen LogP) is 5.58. The Morgan fingerprint density at radius 1 is 0.951 bits per heavy atom. The van der Waals surface area contributed by atoms with Gasteiger partial charge >= 0.3 is 6.03 Å². The van der Waals surface area contributed by atoms with Gasteiger partial charge in [-0.1, -0.05) is 62.8 Å². The van der Waals surface area contributed by atoms with Gasteiger partial charge in [0.25, 0.3) is 5.91 Å². The molecule has 2 saturated carbocycles. The van der Waals surface area contributed by atoms with Crippen molar-refractivity contribution in [3.8, 4) is 0 Å². The molecule has 1 unspecified atom stereocenters. The third kappa shape index (κ3) is 5.33. The average Bonchev–Trinajstić information content (AvgIpc) is 3.36. The third-order valence-corrected chi connectivity index (χ3v) is 8.70. The van der Waals surface area contributed by atoms with Crippen LogP contribution in [0.25, 0.3) is 6.08 Å². The van der Waals surface area contributed by atoms with Crippen molar-refractivity contribution in [2.45, 2.75) is 88.9 Å². The van der Waals surface area contributed by atoms with Crippen molar-refractivity contribution in [2.24, 2.45) is 9.98 Å². The number of nitrogens with zero attached hydrogens (tertiary/aromatic N) is 5. The first-order chi connectivity index (χ1) is 19.9. The van der Waals surface area contributed by atoms with Crippen LogP contribution in [0.4, 0.5) is 10.5 Å². The lowest BCUT2D eigenvalue weighted by molar-refractivity contribution is -0.127. The van der Waals surface area contributed by atoms with E-state index in [0.29, 0.717) is 17.2 Å². The maximum atomic E-state index is 14.1. The van der Waals surface area contributed by atoms with Crippen LogP contribution in [0.15, 0.2) is 64.9 Å². The van der Waals surface area contributed by atoms with E-state index in [2.05, 4.69) is 10.3 Å². The number of amides is 4. The van der Waals surface area contributed by atoms with Gasteiger partial charge in [-0.2, -0.15) is 0 Å². The third-order valence-electron chi connectivity index (χ3n) is 8.70. The van der Waals surface area contributed by atoms with Gasteiger partial charge in [-0.05, 0) is 56.4 Å². The van der Waals surface area contributed by atoms with Crippen LogP contribution < -0.4 is 5.32 Å². The number of fused-ring (bicyclic) bond motifs is 1. The summed E-state index contributed by atoms with van der Waals surface area (Å²) in [5.41, 5.74) is 1.46. The number of urea groups is 1. The lowest BCUT2D eigenvalue weighted by Crippen LogP contribution is -2.71. The number of aromatic nitrogens is 1. The molecule has 4 amide bonds. The summed E-state index contributed by atoms with van der Waals surface area (Å²) in [5.74, 6) is -0.0895. The summed E-state index contributed by atoms with van der Waals surface area (Å²) in [6, 6.07) is 10.8. The highest BCUT2D eigenvalue weighted by Gasteiger charge is 2.57. The second-order valence-electron chi connectivity index (χ2n) is 11.5. The van der Waals surface area contributed by atoms with Gasteiger partial charge in [-0.15, -0.1) is 0 Å². The van der Waals surface area contributed by atoms with Gasteiger partial charge in [-0.3, -0.25) is 24.4 Å². The van der Waals surface area contributed by atoms with E-state index >= 15 is 0 Å². The molecule has 3 fully saturated rings. The van der Waals surface area contributed by atoms with Crippen molar-refractivity contribution < 1.29 is 14.4 Å². The molecule has 2 aromatic rings. The van der Waals surface area contributed by atoms with Crippen molar-refractivity contribution in [1.29, 1.82) is 0 Å². The number of amidine groups is 1. The number of hydrogen-bond acceptors (Lipinski definition) is 6. The molecule has 2 aliphatic heterocycles. The number of rotatable bonds is 6. The number of aliphatic imine (C=N–C) groups is 2. The van der Waals surface area contributed by atoms with Crippen LogP contribution in [0.2, 0.25) is 0 Å². The Labute approximate surface area is 240 Å². The summed E-state index contributed by atoms with van der Waals surface area (Å²) in [6.45, 7) is 1.87. The van der Waals surface area contributed by atoms with Gasteiger partial charge in [0.05, 0.1) is 11.9 Å². The van der Waals surface area contributed by atoms with Crippen molar-refractivity contribution in [2.75, 3.05) is 5.32 Å². The first kappa shape index (κ1) is 27.1. The van der Waals surface area contributed by atoms with E-state index < -0.39 is 5.66 Å². The molecular formula is C32H36N6O3. The minimum Gasteiger partial charge on any atom is -0.321 e. The summed E-state index contributed by atoms with van der Waals surface area (Å²) < 4.78 is 0. The van der Waals surface area contributed by atoms with Crippen molar-refractivity contribution >= 4 is 41.2 Å². The first-order valence-corrected chi connectivity index (χ1v) is 14.8. The minimum absolute atomic E-state index is 0.0408. The molecule has 1 N–H and O–H groups in total. The highest BCUT2D eigenvalue weighted by molar-refractivity contribution is 6.49. The highest BCUT2D eigenvalue weighted by atomic mass is 16.2. The molecule has 3 heterocycles. The van der Waals surface area contributed by atoms with Crippen LogP contribution in [0.1, 0.15) is 82.3 Å². The zero-order valence-electron chi connectivity index (χ0n) is 23.5. The fourth-order valence-electron chi connectivity index (χ4n) is 6.59. The summed E-state index contributed by atoms with van der Waals surface area (Å²) in [5, 5.41) is 2.77. The molecular weight excluding hydrogens is 516 g/mol. The summed E-state index contributed by atoms with van der Waals surface area (Å²) >= 11 is 0. The number of pyridine rings is 1. The number of carbonyl (C=O) groups is 3. The Balaban J connectivity index is 1.26. The highest BCUT2D eigenvalue weighted by Crippen LogP contribution is 2.40. The van der Waals surface area contributed by atoms with E-state index in [-0.39, 0.29) is 29.9 Å². The lowest BCUT2D eigenvalue weighted by atomic mass is 9.88. The van der Waals surface area contributed by atoms with Gasteiger partial charge in [-0.25, -0.2) is 14.8 Å². The smallest absolute Gasteiger partial charge is 0.321 e. The number of imide groups is 1. The van der Waals surface area contributed by atoms with E-state index in [9.17, 15) is 14.4 Å². The predicted molar refractivity (Wildman–Crippen MR) is 159 cm³/mol. The quantitative estimate of drug-likeness (QED) is 0.472. The molecule has 1 saturated heterocycles. The largest absolute Gasteiger partial charge is 0.329 e. The minimum atomic E-state index is -1.11. The maximum Gasteiger partial charge on any atom is 0.329 e. The standard InChI is InChI=1S/C32H36N6O3/c1-32-28(30(40)37(25-10-4-2-5-11-25)31(41)38(32)26-12-6-3-7-13-26)35-29(36-32)23-17-14-22(15-18-23)16-19-27(39)34-24-9-8-20-33-21-24/h8-9,14-21,25-26H,2-7,10-13H2,1H3,(H,34,39)/b19-16+. The lowest BCUT2D eigenvalue weighted by Gasteiger charge is -2.50. The summed E-state index contributed by atoms with van der Waals surface area (Å²) in [6.07, 6.45) is 16.5. The number of benzene rings is 1. The number of carbonyl (C=O) groups excluding carboxylic acids is 3. The van der Waals surface area contributed by atoms with E-state index in [1.807, 2.05) is 36.1 Å². The number of hydrogen-bond donors (Lipinski definition) is 1. The van der Waals surface area contributed by atoms with Crippen molar-refractivity contribution in [3.05, 3.63) is 66.0 Å². The van der Waals surface area contributed by atoms with Gasteiger partial charge in [0.2, 0.25) is 5.91 Å². The molecule has 0 radical (unpaired) electrons. The Bertz CT molecular complexity index is 1400. The molecule has 6 rings (SSSR count).